The topological polar surface area (TPSA) is 216 Å². The lowest BCUT2D eigenvalue weighted by atomic mass is 10.1. The minimum absolute atomic E-state index is 0.0356. The molecule has 15 rings (SSSR count). The van der Waals surface area contributed by atoms with E-state index in [0.717, 1.165) is 186 Å². The summed E-state index contributed by atoms with van der Waals surface area (Å²) in [5.41, 5.74) is 13.9. The van der Waals surface area contributed by atoms with Crippen molar-refractivity contribution in [1.29, 1.82) is 10.5 Å². The van der Waals surface area contributed by atoms with Crippen LogP contribution in [-0.2, 0) is 44.0 Å². The zero-order valence-corrected chi connectivity index (χ0v) is 68.3. The molecule has 6 fully saturated rings. The molecule has 0 radical (unpaired) electrons. The quantitative estimate of drug-likeness (QED) is 0.0509. The summed E-state index contributed by atoms with van der Waals surface area (Å²) in [6, 6.07) is 60.3. The zero-order chi connectivity index (χ0) is 81.4. The third kappa shape index (κ3) is 21.3. The van der Waals surface area contributed by atoms with Gasteiger partial charge in [0.25, 0.3) is 17.7 Å². The van der Waals surface area contributed by atoms with Gasteiger partial charge in [-0.1, -0.05) is 96.5 Å². The first-order chi connectivity index (χ1) is 57.3. The first-order valence-electron chi connectivity index (χ1n) is 41.0. The average molecular weight is 1600 g/mol. The van der Waals surface area contributed by atoms with Crippen LogP contribution in [0.2, 0.25) is 5.02 Å². The Bertz CT molecular complexity index is 4860. The van der Waals surface area contributed by atoms with Crippen LogP contribution in [0.4, 0.5) is 39.8 Å². The van der Waals surface area contributed by atoms with Gasteiger partial charge in [0.15, 0.2) is 0 Å². The lowest BCUT2D eigenvalue weighted by Gasteiger charge is -2.36. The minimum atomic E-state index is 0.0356. The second-order valence-corrected chi connectivity index (χ2v) is 30.8. The lowest BCUT2D eigenvalue weighted by Crippen LogP contribution is -2.49. The summed E-state index contributed by atoms with van der Waals surface area (Å²) in [7, 11) is 3.36. The van der Waals surface area contributed by atoms with Crippen LogP contribution in [0.5, 0.6) is 5.75 Å². The van der Waals surface area contributed by atoms with E-state index < -0.39 is 0 Å². The summed E-state index contributed by atoms with van der Waals surface area (Å²) in [5, 5.41) is 38.6. The molecule has 6 aliphatic rings. The summed E-state index contributed by atoms with van der Waals surface area (Å²) in [6.07, 6.45) is 7.50. The number of para-hydroxylation sites is 8. The number of hydrogen-bond donors (Lipinski definition) is 2. The Morgan fingerprint density at radius 1 is 0.410 bits per heavy atom. The van der Waals surface area contributed by atoms with E-state index in [1.807, 2.05) is 156 Å². The molecule has 0 aliphatic carbocycles. The van der Waals surface area contributed by atoms with Crippen LogP contribution in [0.3, 0.4) is 0 Å². The largest absolute Gasteiger partial charge is 0.495 e. The van der Waals surface area contributed by atoms with Crippen molar-refractivity contribution < 1.29 is 34.1 Å². The summed E-state index contributed by atoms with van der Waals surface area (Å²) < 4.78 is 16.9. The van der Waals surface area contributed by atoms with E-state index in [0.29, 0.717) is 120 Å². The number of aromatic nitrogens is 3. The lowest BCUT2D eigenvalue weighted by molar-refractivity contribution is 0.0726. The Morgan fingerprint density at radius 2 is 0.752 bits per heavy atom. The number of carbonyl (C=O) groups is 3. The van der Waals surface area contributed by atoms with Crippen molar-refractivity contribution in [1.82, 2.24) is 43.1 Å². The zero-order valence-electron chi connectivity index (χ0n) is 67.5. The molecular weight excluding hydrogens is 1490 g/mol. The molecule has 2 N–H and O–H groups in total. The molecular formula is C91H109ClN18O7. The Balaban J connectivity index is 0.000000153. The number of carbonyl (C=O) groups excluding carboxylic acids is 3. The summed E-state index contributed by atoms with van der Waals surface area (Å²) >= 11 is 6.40. The highest BCUT2D eigenvalue weighted by molar-refractivity contribution is 6.33. The monoisotopic (exact) mass is 1600 g/mol. The average Bonchev–Trinajstić information content (AvgIpc) is 1.70. The second-order valence-electron chi connectivity index (χ2n) is 30.4. The van der Waals surface area contributed by atoms with Crippen molar-refractivity contribution in [2.45, 2.75) is 52.1 Å². The smallest absolute Gasteiger partial charge is 0.270 e. The van der Waals surface area contributed by atoms with Gasteiger partial charge >= 0.3 is 0 Å². The van der Waals surface area contributed by atoms with Gasteiger partial charge in [0.2, 0.25) is 5.69 Å². The van der Waals surface area contributed by atoms with Gasteiger partial charge in [0.05, 0.1) is 59.2 Å². The maximum Gasteiger partial charge on any atom is 0.270 e. The molecule has 6 aromatic carbocycles. The van der Waals surface area contributed by atoms with Crippen molar-refractivity contribution in [3.8, 4) is 17.9 Å². The Hall–Kier alpha value is -11.3. The maximum atomic E-state index is 13.7. The minimum Gasteiger partial charge on any atom is -0.495 e. The van der Waals surface area contributed by atoms with Crippen molar-refractivity contribution in [2.24, 2.45) is 0 Å². The first kappa shape index (κ1) is 83.6. The molecule has 0 bridgehead atoms. The normalized spacial score (nSPS) is 16.3. The molecule has 25 nitrogen and oxygen atoms in total. The highest BCUT2D eigenvalue weighted by Crippen LogP contribution is 2.33. The van der Waals surface area contributed by atoms with E-state index >= 15 is 0 Å². The van der Waals surface area contributed by atoms with Crippen LogP contribution < -0.4 is 34.1 Å². The van der Waals surface area contributed by atoms with E-state index in [1.165, 1.54) is 5.69 Å². The molecule has 9 heterocycles. The van der Waals surface area contributed by atoms with Gasteiger partial charge < -0.3 is 77.5 Å². The third-order valence-corrected chi connectivity index (χ3v) is 23.3. The number of aliphatic hydroxyl groups excluding tert-OH is 2. The van der Waals surface area contributed by atoms with Gasteiger partial charge in [-0.15, -0.1) is 0 Å². The summed E-state index contributed by atoms with van der Waals surface area (Å²) in [6.45, 7) is 31.6. The Kier molecular flexibility index (Phi) is 29.7. The molecule has 26 heteroatoms. The van der Waals surface area contributed by atoms with Crippen LogP contribution in [0, 0.1) is 29.2 Å². The number of hydrogen-bond acceptors (Lipinski definition) is 18. The molecule has 0 atom stereocenters. The highest BCUT2D eigenvalue weighted by atomic mass is 35.5. The van der Waals surface area contributed by atoms with Crippen molar-refractivity contribution >= 4 is 69.1 Å². The molecule has 3 amide bonds. The molecule has 9 aromatic rings. The third-order valence-electron chi connectivity index (χ3n) is 23.0. The number of halogens is 1. The van der Waals surface area contributed by atoms with Crippen LogP contribution in [0.15, 0.2) is 188 Å². The standard InChI is InChI=1S/C31H35N7O2.C31H38N6O3.C29H36ClN5O2/c1-40-19-18-38-24-25(23-34-10-12-35(13-11-34)28-8-4-2-6-26(28)21-32)20-30(38)31(39)37-16-14-36(15-17-37)29-9-5-3-7-27(29)22-33;1-32-26-8-3-4-9-27(26)34-15-13-33(14-16-34)23-25-22-29(37(24-25)12-7-21-38)31(39)36-19-17-35(18-20-36)28-10-5-6-11-30(28)40-2;30-26-9-4-5-10-27(26)33-14-12-31(13-15-33)22-24-21-28(35(23-24)11-6-20-36)29(37)34-18-16-32(17-19-34)25-7-2-1-3-8-25/h2-9,20,24H,10-19,23H2,1H3;3-6,8-11,22,24,38H,7,12-21,23H2,2H3;1-5,7-10,21,23,36H,6,11-20,22H2. The van der Waals surface area contributed by atoms with Gasteiger partial charge in [-0.2, -0.15) is 10.5 Å². The van der Waals surface area contributed by atoms with E-state index in [2.05, 4.69) is 122 Å². The number of nitrogens with zero attached hydrogens (tertiary/aromatic N) is 18. The van der Waals surface area contributed by atoms with Crippen molar-refractivity contribution in [2.75, 3.05) is 221 Å². The SMILES string of the molecule is COCCn1cc(CN2CCN(c3ccccc3C#N)CC2)cc1C(=O)N1CCN(c2ccccc2C#N)CC1.O=C(c1cc(CN2CCN(c3ccccc3Cl)CC2)cn1CCCO)N1CCN(c2ccccc2)CC1.[C-]#[N+]c1ccccc1N1CCN(Cc2cc(C(=O)N3CCN(c4ccccc4OC)CC3)n(CCCO)c2)CC1. The van der Waals surface area contributed by atoms with E-state index in [4.69, 9.17) is 27.6 Å². The molecule has 0 spiro atoms. The fourth-order valence-electron chi connectivity index (χ4n) is 16.7. The predicted molar refractivity (Wildman–Crippen MR) is 461 cm³/mol. The van der Waals surface area contributed by atoms with Crippen LogP contribution >= 0.6 is 11.6 Å². The first-order valence-corrected chi connectivity index (χ1v) is 41.4. The van der Waals surface area contributed by atoms with Crippen LogP contribution in [0.25, 0.3) is 4.85 Å². The summed E-state index contributed by atoms with van der Waals surface area (Å²) in [5.74, 6) is 1.01. The Labute approximate surface area is 693 Å². The molecule has 117 heavy (non-hydrogen) atoms. The number of piperazine rings is 6. The molecule has 612 valence electrons. The maximum absolute atomic E-state index is 13.7. The molecule has 6 saturated heterocycles. The number of aliphatic hydroxyl groups is 2. The van der Waals surface area contributed by atoms with E-state index in [-0.39, 0.29) is 30.9 Å². The van der Waals surface area contributed by atoms with Crippen molar-refractivity contribution in [3.63, 3.8) is 0 Å². The van der Waals surface area contributed by atoms with E-state index in [1.54, 1.807) is 14.2 Å². The number of aryl methyl sites for hydroxylation is 2. The Morgan fingerprint density at radius 3 is 1.16 bits per heavy atom. The van der Waals surface area contributed by atoms with Gasteiger partial charge in [-0.25, -0.2) is 4.85 Å². The number of ether oxygens (including phenoxy) is 2. The molecule has 3 aromatic heterocycles. The number of benzene rings is 6. The second kappa shape index (κ2) is 41.5. The fraction of sp³-hybridized carbons (Fsp3) is 0.407. The van der Waals surface area contributed by atoms with Crippen LogP contribution in [0.1, 0.15) is 72.1 Å². The molecule has 6 aliphatic heterocycles. The number of anilines is 6. The number of amides is 3. The van der Waals surface area contributed by atoms with Crippen molar-refractivity contribution in [3.05, 3.63) is 250 Å². The number of nitriles is 2. The highest BCUT2D eigenvalue weighted by Gasteiger charge is 2.32. The van der Waals surface area contributed by atoms with E-state index in [9.17, 15) is 35.1 Å². The number of rotatable bonds is 25. The van der Waals surface area contributed by atoms with Gasteiger partial charge in [-0.05, 0) is 114 Å². The predicted octanol–water partition coefficient (Wildman–Crippen LogP) is 10.7. The molecule has 0 unspecified atom stereocenters. The number of methoxy groups -OCH3 is 2. The van der Waals surface area contributed by atoms with Gasteiger partial charge in [0.1, 0.15) is 35.0 Å². The van der Waals surface area contributed by atoms with Gasteiger partial charge in [0, 0.05) is 247 Å². The fourth-order valence-corrected chi connectivity index (χ4v) is 16.9. The van der Waals surface area contributed by atoms with Gasteiger partial charge in [-0.3, -0.25) is 29.1 Å². The summed E-state index contributed by atoms with van der Waals surface area (Å²) in [4.78, 5) is 71.3. The van der Waals surface area contributed by atoms with Crippen LogP contribution in [-0.4, -0.2) is 262 Å². The molecule has 0 saturated carbocycles.